The molecule has 1 fully saturated rings. The summed E-state index contributed by atoms with van der Waals surface area (Å²) >= 11 is 0. The highest BCUT2D eigenvalue weighted by atomic mass is 32.2. The molecule has 0 spiro atoms. The van der Waals surface area contributed by atoms with Crippen LogP contribution in [0.15, 0.2) is 29.2 Å². The number of benzene rings is 1. The van der Waals surface area contributed by atoms with Gasteiger partial charge in [0.2, 0.25) is 10.0 Å². The highest BCUT2D eigenvalue weighted by Gasteiger charge is 2.29. The van der Waals surface area contributed by atoms with Crippen molar-refractivity contribution < 1.29 is 18.3 Å². The zero-order valence-electron chi connectivity index (χ0n) is 13.8. The number of carbonyl (C=O) groups excluding carboxylic acids is 1. The number of hydrogen-bond donors (Lipinski definition) is 4. The molecule has 24 heavy (non-hydrogen) atoms. The minimum atomic E-state index is -3.53. The smallest absolute Gasteiger partial charge is 0.251 e. The number of sulfonamides is 1. The minimum absolute atomic E-state index is 0.127. The number of β-amino-alcohol motifs (C(OH)–C–C–N with tert-alkyl or cyclic N) is 1. The zero-order valence-corrected chi connectivity index (χ0v) is 14.7. The second-order valence-corrected chi connectivity index (χ2v) is 7.88. The van der Waals surface area contributed by atoms with E-state index in [2.05, 4.69) is 15.4 Å². The Morgan fingerprint density at radius 1 is 1.33 bits per heavy atom. The zero-order chi connectivity index (χ0) is 17.6. The lowest BCUT2D eigenvalue weighted by Gasteiger charge is -2.32. The SMILES string of the molecule is CCCNS(=O)(=O)c1ccc(C(=O)NC[C@]2(O)CCCNC2)cc1. The van der Waals surface area contributed by atoms with E-state index in [4.69, 9.17) is 0 Å². The van der Waals surface area contributed by atoms with Crippen molar-refractivity contribution in [3.8, 4) is 0 Å². The Hall–Kier alpha value is -1.48. The second-order valence-electron chi connectivity index (χ2n) is 6.11. The van der Waals surface area contributed by atoms with Crippen LogP contribution in [0, 0.1) is 0 Å². The summed E-state index contributed by atoms with van der Waals surface area (Å²) in [5.41, 5.74) is -0.571. The summed E-state index contributed by atoms with van der Waals surface area (Å²) in [6.45, 7) is 3.74. The number of hydrogen-bond acceptors (Lipinski definition) is 5. The Morgan fingerprint density at radius 3 is 2.62 bits per heavy atom. The summed E-state index contributed by atoms with van der Waals surface area (Å²) in [6.07, 6.45) is 2.21. The molecule has 0 radical (unpaired) electrons. The van der Waals surface area contributed by atoms with Gasteiger partial charge in [-0.15, -0.1) is 0 Å². The Labute approximate surface area is 142 Å². The van der Waals surface area contributed by atoms with Gasteiger partial charge in [-0.3, -0.25) is 4.79 Å². The molecule has 1 heterocycles. The first-order valence-electron chi connectivity index (χ1n) is 8.17. The van der Waals surface area contributed by atoms with Gasteiger partial charge in [-0.05, 0) is 50.1 Å². The van der Waals surface area contributed by atoms with Crippen LogP contribution < -0.4 is 15.4 Å². The van der Waals surface area contributed by atoms with E-state index >= 15 is 0 Å². The number of rotatable bonds is 7. The molecule has 1 amide bonds. The van der Waals surface area contributed by atoms with E-state index in [0.717, 1.165) is 13.0 Å². The molecule has 2 rings (SSSR count). The average Bonchev–Trinajstić information content (AvgIpc) is 2.59. The van der Waals surface area contributed by atoms with Crippen molar-refractivity contribution in [1.82, 2.24) is 15.4 Å². The van der Waals surface area contributed by atoms with Gasteiger partial charge < -0.3 is 15.7 Å². The third kappa shape index (κ3) is 5.01. The Morgan fingerprint density at radius 2 is 2.04 bits per heavy atom. The van der Waals surface area contributed by atoms with Crippen LogP contribution in [0.5, 0.6) is 0 Å². The molecule has 8 heteroatoms. The van der Waals surface area contributed by atoms with E-state index < -0.39 is 15.6 Å². The molecule has 0 bridgehead atoms. The molecule has 4 N–H and O–H groups in total. The maximum absolute atomic E-state index is 12.2. The lowest BCUT2D eigenvalue weighted by molar-refractivity contribution is 0.0170. The molecule has 0 aromatic heterocycles. The van der Waals surface area contributed by atoms with Crippen molar-refractivity contribution in [3.05, 3.63) is 29.8 Å². The van der Waals surface area contributed by atoms with Gasteiger partial charge in [0.15, 0.2) is 0 Å². The first-order chi connectivity index (χ1) is 11.4. The molecule has 1 saturated heterocycles. The van der Waals surface area contributed by atoms with Crippen LogP contribution in [0.2, 0.25) is 0 Å². The monoisotopic (exact) mass is 355 g/mol. The first kappa shape index (κ1) is 18.9. The number of amides is 1. The van der Waals surface area contributed by atoms with Crippen molar-refractivity contribution in [2.24, 2.45) is 0 Å². The number of nitrogens with one attached hydrogen (secondary N) is 3. The Bertz CT molecular complexity index is 652. The summed E-state index contributed by atoms with van der Waals surface area (Å²) in [6, 6.07) is 5.76. The van der Waals surface area contributed by atoms with Crippen molar-refractivity contribution >= 4 is 15.9 Å². The van der Waals surface area contributed by atoms with Crippen LogP contribution in [-0.2, 0) is 10.0 Å². The third-order valence-electron chi connectivity index (χ3n) is 4.00. The van der Waals surface area contributed by atoms with Gasteiger partial charge in [0.05, 0.1) is 10.5 Å². The molecule has 1 aliphatic heterocycles. The van der Waals surface area contributed by atoms with Crippen molar-refractivity contribution in [1.29, 1.82) is 0 Å². The number of piperidine rings is 1. The number of aliphatic hydroxyl groups is 1. The van der Waals surface area contributed by atoms with Crippen molar-refractivity contribution in [2.75, 3.05) is 26.2 Å². The van der Waals surface area contributed by atoms with Crippen LogP contribution in [-0.4, -0.2) is 51.2 Å². The van der Waals surface area contributed by atoms with Gasteiger partial charge in [0.1, 0.15) is 0 Å². The molecule has 1 atom stereocenters. The van der Waals surface area contributed by atoms with E-state index in [9.17, 15) is 18.3 Å². The predicted octanol–water partition coefficient (Wildman–Crippen LogP) is 0.219. The van der Waals surface area contributed by atoms with E-state index in [-0.39, 0.29) is 17.3 Å². The van der Waals surface area contributed by atoms with Crippen LogP contribution in [0.25, 0.3) is 0 Å². The largest absolute Gasteiger partial charge is 0.387 e. The highest BCUT2D eigenvalue weighted by molar-refractivity contribution is 7.89. The molecule has 0 unspecified atom stereocenters. The molecule has 7 nitrogen and oxygen atoms in total. The fourth-order valence-corrected chi connectivity index (χ4v) is 3.69. The van der Waals surface area contributed by atoms with Gasteiger partial charge in [-0.2, -0.15) is 0 Å². The molecular weight excluding hydrogens is 330 g/mol. The summed E-state index contributed by atoms with van der Waals surface area (Å²) < 4.78 is 26.5. The second kappa shape index (κ2) is 8.06. The Kier molecular flexibility index (Phi) is 6.34. The minimum Gasteiger partial charge on any atom is -0.387 e. The molecule has 0 aliphatic carbocycles. The van der Waals surface area contributed by atoms with Gasteiger partial charge in [-0.25, -0.2) is 13.1 Å². The fourth-order valence-electron chi connectivity index (χ4n) is 2.55. The maximum atomic E-state index is 12.2. The predicted molar refractivity (Wildman–Crippen MR) is 91.3 cm³/mol. The standard InChI is InChI=1S/C16H25N3O4S/c1-2-9-19-24(22,23)14-6-4-13(5-7-14)15(20)18-12-16(21)8-3-10-17-11-16/h4-7,17,19,21H,2-3,8-12H2,1H3,(H,18,20)/t16-/m0/s1. The van der Waals surface area contributed by atoms with E-state index in [1.165, 1.54) is 24.3 Å². The summed E-state index contributed by atoms with van der Waals surface area (Å²) in [5, 5.41) is 16.1. The van der Waals surface area contributed by atoms with Crippen molar-refractivity contribution in [3.63, 3.8) is 0 Å². The molecule has 134 valence electrons. The van der Waals surface area contributed by atoms with E-state index in [1.807, 2.05) is 6.92 Å². The molecule has 1 aromatic carbocycles. The first-order valence-corrected chi connectivity index (χ1v) is 9.66. The van der Waals surface area contributed by atoms with Gasteiger partial charge in [0.25, 0.3) is 5.91 Å². The van der Waals surface area contributed by atoms with Crippen LogP contribution in [0.4, 0.5) is 0 Å². The average molecular weight is 355 g/mol. The van der Waals surface area contributed by atoms with Crippen LogP contribution >= 0.6 is 0 Å². The highest BCUT2D eigenvalue weighted by Crippen LogP contribution is 2.15. The Balaban J connectivity index is 1.96. The summed E-state index contributed by atoms with van der Waals surface area (Å²) in [5.74, 6) is -0.334. The molecule has 0 saturated carbocycles. The molecule has 1 aliphatic rings. The van der Waals surface area contributed by atoms with Gasteiger partial charge in [-0.1, -0.05) is 6.92 Å². The lowest BCUT2D eigenvalue weighted by atomic mass is 9.94. The van der Waals surface area contributed by atoms with Gasteiger partial charge in [0, 0.05) is 25.2 Å². The van der Waals surface area contributed by atoms with Gasteiger partial charge >= 0.3 is 0 Å². The van der Waals surface area contributed by atoms with E-state index in [1.54, 1.807) is 0 Å². The summed E-state index contributed by atoms with van der Waals surface area (Å²) in [7, 11) is -3.53. The van der Waals surface area contributed by atoms with E-state index in [0.29, 0.717) is 31.5 Å². The lowest BCUT2D eigenvalue weighted by Crippen LogP contribution is -2.52. The topological polar surface area (TPSA) is 108 Å². The fraction of sp³-hybridized carbons (Fsp3) is 0.562. The van der Waals surface area contributed by atoms with Crippen LogP contribution in [0.1, 0.15) is 36.5 Å². The summed E-state index contributed by atoms with van der Waals surface area (Å²) in [4.78, 5) is 12.3. The third-order valence-corrected chi connectivity index (χ3v) is 5.47. The maximum Gasteiger partial charge on any atom is 0.251 e. The molecule has 1 aromatic rings. The van der Waals surface area contributed by atoms with Crippen LogP contribution in [0.3, 0.4) is 0 Å². The molecular formula is C16H25N3O4S. The van der Waals surface area contributed by atoms with Crippen molar-refractivity contribution in [2.45, 2.75) is 36.7 Å². The quantitative estimate of drug-likeness (QED) is 0.560. The normalized spacial score (nSPS) is 21.4. The number of carbonyl (C=O) groups is 1.